The van der Waals surface area contributed by atoms with Crippen LogP contribution in [0.1, 0.15) is 29.6 Å². The van der Waals surface area contributed by atoms with Crippen molar-refractivity contribution in [3.8, 4) is 0 Å². The number of amides is 2. The van der Waals surface area contributed by atoms with Gasteiger partial charge in [0.1, 0.15) is 6.54 Å². The largest absolute Gasteiger partial charge is 0.405 e. The van der Waals surface area contributed by atoms with Crippen molar-refractivity contribution in [3.05, 3.63) is 42.0 Å². The summed E-state index contributed by atoms with van der Waals surface area (Å²) in [5.41, 5.74) is 0.449. The maximum absolute atomic E-state index is 12.1. The van der Waals surface area contributed by atoms with Gasteiger partial charge in [0.15, 0.2) is 0 Å². The molecule has 7 heteroatoms. The number of carbonyl (C=O) groups is 2. The molecule has 1 aliphatic carbocycles. The van der Waals surface area contributed by atoms with Gasteiger partial charge in [0, 0.05) is 17.7 Å². The number of carbonyl (C=O) groups excluding carboxylic acids is 2. The third-order valence-electron chi connectivity index (χ3n) is 3.42. The lowest BCUT2D eigenvalue weighted by atomic mass is 10.0. The van der Waals surface area contributed by atoms with E-state index in [4.69, 9.17) is 0 Å². The molecule has 1 aliphatic rings. The molecule has 124 valence electrons. The first-order chi connectivity index (χ1) is 10.8. The predicted molar refractivity (Wildman–Crippen MR) is 79.9 cm³/mol. The fourth-order valence-electron chi connectivity index (χ4n) is 2.34. The van der Waals surface area contributed by atoms with Crippen molar-refractivity contribution in [2.24, 2.45) is 5.92 Å². The van der Waals surface area contributed by atoms with E-state index in [2.05, 4.69) is 5.32 Å². The summed E-state index contributed by atoms with van der Waals surface area (Å²) in [5, 5.41) is 4.45. The smallest absolute Gasteiger partial charge is 0.343 e. The normalized spacial score (nSPS) is 17.1. The second-order valence-corrected chi connectivity index (χ2v) is 5.40. The van der Waals surface area contributed by atoms with E-state index < -0.39 is 18.6 Å². The van der Waals surface area contributed by atoms with Gasteiger partial charge in [-0.05, 0) is 37.0 Å². The number of hydrogen-bond acceptors (Lipinski definition) is 2. The Morgan fingerprint density at radius 1 is 1.26 bits per heavy atom. The SMILES string of the molecule is O=C(CC1C=CCC1)Nc1cccc(C(=O)NCC(F)(F)F)c1. The molecule has 1 atom stereocenters. The van der Waals surface area contributed by atoms with Crippen LogP contribution in [0.15, 0.2) is 36.4 Å². The molecule has 0 aliphatic heterocycles. The lowest BCUT2D eigenvalue weighted by Gasteiger charge is -2.11. The van der Waals surface area contributed by atoms with Gasteiger partial charge >= 0.3 is 6.18 Å². The van der Waals surface area contributed by atoms with E-state index in [1.807, 2.05) is 12.2 Å². The van der Waals surface area contributed by atoms with E-state index in [0.29, 0.717) is 12.1 Å². The highest BCUT2D eigenvalue weighted by molar-refractivity contribution is 5.97. The molecular formula is C16H17F3N2O2. The van der Waals surface area contributed by atoms with Crippen LogP contribution in [-0.4, -0.2) is 24.5 Å². The van der Waals surface area contributed by atoms with Crippen LogP contribution in [0.5, 0.6) is 0 Å². The molecule has 0 bridgehead atoms. The topological polar surface area (TPSA) is 58.2 Å². The Balaban J connectivity index is 1.92. The van der Waals surface area contributed by atoms with Crippen molar-refractivity contribution in [2.75, 3.05) is 11.9 Å². The summed E-state index contributed by atoms with van der Waals surface area (Å²) >= 11 is 0. The van der Waals surface area contributed by atoms with Crippen molar-refractivity contribution in [1.82, 2.24) is 5.32 Å². The van der Waals surface area contributed by atoms with Crippen LogP contribution in [0.4, 0.5) is 18.9 Å². The predicted octanol–water partition coefficient (Wildman–Crippen LogP) is 3.27. The van der Waals surface area contributed by atoms with E-state index in [-0.39, 0.29) is 17.4 Å². The Bertz CT molecular complexity index is 612. The summed E-state index contributed by atoms with van der Waals surface area (Å²) in [6.45, 7) is -1.39. The maximum atomic E-state index is 12.1. The molecule has 0 heterocycles. The zero-order valence-corrected chi connectivity index (χ0v) is 12.3. The van der Waals surface area contributed by atoms with Gasteiger partial charge in [-0.2, -0.15) is 13.2 Å². The maximum Gasteiger partial charge on any atom is 0.405 e. The van der Waals surface area contributed by atoms with Crippen LogP contribution in [0.2, 0.25) is 0 Å². The molecule has 4 nitrogen and oxygen atoms in total. The first kappa shape index (κ1) is 17.1. The average Bonchev–Trinajstić information content (AvgIpc) is 2.97. The minimum atomic E-state index is -4.46. The van der Waals surface area contributed by atoms with Gasteiger partial charge in [-0.25, -0.2) is 0 Å². The standard InChI is InChI=1S/C16H17F3N2O2/c17-16(18,19)10-20-15(23)12-6-3-7-13(9-12)21-14(22)8-11-4-1-2-5-11/h1,3-4,6-7,9,11H,2,5,8,10H2,(H,20,23)(H,21,22). The molecule has 0 aromatic heterocycles. The fourth-order valence-corrected chi connectivity index (χ4v) is 2.34. The Labute approximate surface area is 131 Å². The van der Waals surface area contributed by atoms with Gasteiger partial charge < -0.3 is 10.6 Å². The minimum Gasteiger partial charge on any atom is -0.343 e. The summed E-state index contributed by atoms with van der Waals surface area (Å²) < 4.78 is 36.3. The number of nitrogens with one attached hydrogen (secondary N) is 2. The third-order valence-corrected chi connectivity index (χ3v) is 3.42. The Kier molecular flexibility index (Phi) is 5.41. The molecule has 2 amide bonds. The molecule has 1 aromatic carbocycles. The van der Waals surface area contributed by atoms with E-state index in [1.54, 1.807) is 11.4 Å². The van der Waals surface area contributed by atoms with Crippen molar-refractivity contribution in [1.29, 1.82) is 0 Å². The van der Waals surface area contributed by atoms with Gasteiger partial charge in [-0.1, -0.05) is 18.2 Å². The van der Waals surface area contributed by atoms with Crippen molar-refractivity contribution in [3.63, 3.8) is 0 Å². The van der Waals surface area contributed by atoms with E-state index in [0.717, 1.165) is 12.8 Å². The number of halogens is 3. The molecule has 23 heavy (non-hydrogen) atoms. The molecule has 2 rings (SSSR count). The van der Waals surface area contributed by atoms with Crippen molar-refractivity contribution >= 4 is 17.5 Å². The molecule has 0 saturated heterocycles. The zero-order valence-electron chi connectivity index (χ0n) is 12.3. The third kappa shape index (κ3) is 5.77. The number of alkyl halides is 3. The van der Waals surface area contributed by atoms with Crippen molar-refractivity contribution in [2.45, 2.75) is 25.4 Å². The highest BCUT2D eigenvalue weighted by atomic mass is 19.4. The van der Waals surface area contributed by atoms with Crippen LogP contribution in [0.25, 0.3) is 0 Å². The molecule has 0 saturated carbocycles. The second kappa shape index (κ2) is 7.30. The van der Waals surface area contributed by atoms with Crippen LogP contribution in [0, 0.1) is 5.92 Å². The molecule has 2 N–H and O–H groups in total. The molecule has 0 radical (unpaired) electrons. The van der Waals surface area contributed by atoms with Crippen LogP contribution < -0.4 is 10.6 Å². The summed E-state index contributed by atoms with van der Waals surface area (Å²) in [4.78, 5) is 23.6. The highest BCUT2D eigenvalue weighted by Gasteiger charge is 2.27. The van der Waals surface area contributed by atoms with Gasteiger partial charge in [0.2, 0.25) is 5.91 Å². The molecule has 1 unspecified atom stereocenters. The summed E-state index contributed by atoms with van der Waals surface area (Å²) in [6, 6.07) is 5.84. The second-order valence-electron chi connectivity index (χ2n) is 5.40. The van der Waals surface area contributed by atoms with Gasteiger partial charge in [-0.15, -0.1) is 0 Å². The van der Waals surface area contributed by atoms with E-state index in [1.165, 1.54) is 18.2 Å². The summed E-state index contributed by atoms with van der Waals surface area (Å²) in [5.74, 6) is -0.806. The first-order valence-electron chi connectivity index (χ1n) is 7.25. The Morgan fingerprint density at radius 3 is 2.70 bits per heavy atom. The average molecular weight is 326 g/mol. The van der Waals surface area contributed by atoms with Crippen molar-refractivity contribution < 1.29 is 22.8 Å². The molecule has 0 spiro atoms. The number of hydrogen-bond donors (Lipinski definition) is 2. The summed E-state index contributed by atoms with van der Waals surface area (Å²) in [7, 11) is 0. The lowest BCUT2D eigenvalue weighted by molar-refractivity contribution is -0.123. The van der Waals surface area contributed by atoms with Crippen LogP contribution >= 0.6 is 0 Å². The number of rotatable bonds is 5. The number of allylic oxidation sites excluding steroid dienone is 2. The van der Waals surface area contributed by atoms with Gasteiger partial charge in [-0.3, -0.25) is 9.59 Å². The quantitative estimate of drug-likeness (QED) is 0.816. The summed E-state index contributed by atoms with van der Waals surface area (Å²) in [6.07, 6.45) is 1.82. The van der Waals surface area contributed by atoms with Gasteiger partial charge in [0.05, 0.1) is 0 Å². The molecule has 1 aromatic rings. The van der Waals surface area contributed by atoms with Gasteiger partial charge in [0.25, 0.3) is 5.91 Å². The van der Waals surface area contributed by atoms with Crippen LogP contribution in [0.3, 0.4) is 0 Å². The highest BCUT2D eigenvalue weighted by Crippen LogP contribution is 2.21. The minimum absolute atomic E-state index is 0.0628. The zero-order chi connectivity index (χ0) is 16.9. The molecular weight excluding hydrogens is 309 g/mol. The van der Waals surface area contributed by atoms with E-state index >= 15 is 0 Å². The molecule has 0 fully saturated rings. The van der Waals surface area contributed by atoms with Crippen LogP contribution in [-0.2, 0) is 4.79 Å². The van der Waals surface area contributed by atoms with E-state index in [9.17, 15) is 22.8 Å². The number of anilines is 1. The Morgan fingerprint density at radius 2 is 2.04 bits per heavy atom. The lowest BCUT2D eigenvalue weighted by Crippen LogP contribution is -2.33. The number of benzene rings is 1. The Hall–Kier alpha value is -2.31. The fraction of sp³-hybridized carbons (Fsp3) is 0.375. The monoisotopic (exact) mass is 326 g/mol. The first-order valence-corrected chi connectivity index (χ1v) is 7.25.